The van der Waals surface area contributed by atoms with Crippen LogP contribution in [0.5, 0.6) is 5.88 Å². The highest BCUT2D eigenvalue weighted by molar-refractivity contribution is 7.15. The normalized spacial score (nSPS) is 11.3. The van der Waals surface area contributed by atoms with Gasteiger partial charge in [-0.15, -0.1) is 11.3 Å². The summed E-state index contributed by atoms with van der Waals surface area (Å²) in [6.07, 6.45) is 1.98. The second kappa shape index (κ2) is 4.98. The van der Waals surface area contributed by atoms with E-state index in [1.54, 1.807) is 25.4 Å². The first-order chi connectivity index (χ1) is 9.28. The lowest BCUT2D eigenvalue weighted by molar-refractivity contribution is 0.361. The van der Waals surface area contributed by atoms with Crippen molar-refractivity contribution in [3.63, 3.8) is 0 Å². The molecular formula is C11H13N5O2S. The Balaban J connectivity index is 1.72. The first kappa shape index (κ1) is 12.1. The number of thiazole rings is 1. The van der Waals surface area contributed by atoms with Gasteiger partial charge >= 0.3 is 0 Å². The molecule has 0 aliphatic carbocycles. The van der Waals surface area contributed by atoms with Crippen LogP contribution in [-0.2, 0) is 13.1 Å². The van der Waals surface area contributed by atoms with Gasteiger partial charge in [-0.1, -0.05) is 5.16 Å². The van der Waals surface area contributed by atoms with Crippen molar-refractivity contribution < 1.29 is 9.26 Å². The number of nitrogens with zero attached hydrogens (tertiary/aromatic N) is 4. The number of hydrogen-bond acceptors (Lipinski definition) is 7. The SMILES string of the molecule is COc1nc2sccn2c1CNCc1nc(C)no1. The Morgan fingerprint density at radius 3 is 3.05 bits per heavy atom. The van der Waals surface area contributed by atoms with Gasteiger partial charge in [-0.05, 0) is 6.92 Å². The fraction of sp³-hybridized carbons (Fsp3) is 0.364. The maximum absolute atomic E-state index is 5.28. The lowest BCUT2D eigenvalue weighted by atomic mass is 10.4. The predicted octanol–water partition coefficient (Wildman–Crippen LogP) is 1.39. The molecule has 0 saturated heterocycles. The number of aryl methyl sites for hydroxylation is 1. The molecule has 3 aromatic rings. The second-order valence-electron chi connectivity index (χ2n) is 3.96. The molecule has 0 radical (unpaired) electrons. The van der Waals surface area contributed by atoms with Gasteiger partial charge < -0.3 is 14.6 Å². The van der Waals surface area contributed by atoms with Crippen LogP contribution in [0.2, 0.25) is 0 Å². The summed E-state index contributed by atoms with van der Waals surface area (Å²) in [6, 6.07) is 0. The van der Waals surface area contributed by atoms with Gasteiger partial charge in [0.25, 0.3) is 0 Å². The molecule has 0 aromatic carbocycles. The van der Waals surface area contributed by atoms with Crippen LogP contribution < -0.4 is 10.1 Å². The van der Waals surface area contributed by atoms with Crippen LogP contribution in [0.3, 0.4) is 0 Å². The van der Waals surface area contributed by atoms with Gasteiger partial charge in [0.1, 0.15) is 5.69 Å². The van der Waals surface area contributed by atoms with E-state index in [4.69, 9.17) is 9.26 Å². The van der Waals surface area contributed by atoms with E-state index in [9.17, 15) is 0 Å². The average molecular weight is 279 g/mol. The van der Waals surface area contributed by atoms with E-state index in [1.165, 1.54) is 0 Å². The van der Waals surface area contributed by atoms with E-state index in [-0.39, 0.29) is 0 Å². The van der Waals surface area contributed by atoms with Crippen LogP contribution in [0, 0.1) is 6.92 Å². The fourth-order valence-corrected chi connectivity index (χ4v) is 2.56. The largest absolute Gasteiger partial charge is 0.480 e. The molecule has 0 aliphatic heterocycles. The van der Waals surface area contributed by atoms with Gasteiger partial charge in [0.15, 0.2) is 10.8 Å². The van der Waals surface area contributed by atoms with Crippen LogP contribution in [0.25, 0.3) is 4.96 Å². The smallest absolute Gasteiger partial charge is 0.240 e. The number of rotatable bonds is 5. The van der Waals surface area contributed by atoms with E-state index in [0.29, 0.717) is 30.7 Å². The molecule has 1 N–H and O–H groups in total. The molecule has 0 spiro atoms. The molecule has 8 heteroatoms. The zero-order valence-corrected chi connectivity index (χ0v) is 11.4. The Kier molecular flexibility index (Phi) is 3.18. The third-order valence-corrected chi connectivity index (χ3v) is 3.41. The highest BCUT2D eigenvalue weighted by atomic mass is 32.1. The van der Waals surface area contributed by atoms with Gasteiger partial charge in [0.2, 0.25) is 11.8 Å². The highest BCUT2D eigenvalue weighted by Gasteiger charge is 2.13. The molecule has 100 valence electrons. The zero-order chi connectivity index (χ0) is 13.2. The van der Waals surface area contributed by atoms with Gasteiger partial charge in [0, 0.05) is 18.1 Å². The Hall–Kier alpha value is -1.93. The Labute approximate surface area is 113 Å². The quantitative estimate of drug-likeness (QED) is 0.760. The lowest BCUT2D eigenvalue weighted by Crippen LogP contribution is -2.14. The molecule has 0 unspecified atom stereocenters. The summed E-state index contributed by atoms with van der Waals surface area (Å²) in [4.78, 5) is 9.44. The van der Waals surface area contributed by atoms with Crippen molar-refractivity contribution in [2.45, 2.75) is 20.0 Å². The molecule has 0 bridgehead atoms. The monoisotopic (exact) mass is 279 g/mol. The minimum Gasteiger partial charge on any atom is -0.480 e. The van der Waals surface area contributed by atoms with E-state index in [0.717, 1.165) is 10.7 Å². The number of nitrogens with one attached hydrogen (secondary N) is 1. The summed E-state index contributed by atoms with van der Waals surface area (Å²) in [7, 11) is 1.62. The zero-order valence-electron chi connectivity index (χ0n) is 10.6. The second-order valence-corrected chi connectivity index (χ2v) is 4.84. The predicted molar refractivity (Wildman–Crippen MR) is 69.2 cm³/mol. The molecule has 3 heterocycles. The van der Waals surface area contributed by atoms with E-state index >= 15 is 0 Å². The summed E-state index contributed by atoms with van der Waals surface area (Å²) >= 11 is 1.57. The number of imidazole rings is 1. The molecule has 19 heavy (non-hydrogen) atoms. The molecular weight excluding hydrogens is 266 g/mol. The van der Waals surface area contributed by atoms with Crippen LogP contribution >= 0.6 is 11.3 Å². The standard InChI is InChI=1S/C11H13N5O2S/c1-7-13-9(18-15-7)6-12-5-8-10(17-2)14-11-16(8)3-4-19-11/h3-4,12H,5-6H2,1-2H3. The summed E-state index contributed by atoms with van der Waals surface area (Å²) in [5.41, 5.74) is 0.981. The summed E-state index contributed by atoms with van der Waals surface area (Å²) in [5, 5.41) is 8.98. The Morgan fingerprint density at radius 2 is 2.32 bits per heavy atom. The number of fused-ring (bicyclic) bond motifs is 1. The minimum atomic E-state index is 0.515. The van der Waals surface area contributed by atoms with E-state index < -0.39 is 0 Å². The topological polar surface area (TPSA) is 77.5 Å². The van der Waals surface area contributed by atoms with Gasteiger partial charge in [-0.2, -0.15) is 9.97 Å². The van der Waals surface area contributed by atoms with Crippen molar-refractivity contribution >= 4 is 16.3 Å². The number of ether oxygens (including phenoxy) is 1. The molecule has 0 amide bonds. The average Bonchev–Trinajstić information content (AvgIpc) is 3.06. The van der Waals surface area contributed by atoms with E-state index in [2.05, 4.69) is 20.4 Å². The molecule has 7 nitrogen and oxygen atoms in total. The summed E-state index contributed by atoms with van der Waals surface area (Å²) < 4.78 is 12.3. The van der Waals surface area contributed by atoms with Crippen molar-refractivity contribution in [3.8, 4) is 5.88 Å². The molecule has 0 atom stereocenters. The first-order valence-electron chi connectivity index (χ1n) is 5.76. The Bertz CT molecular complexity index is 686. The lowest BCUT2D eigenvalue weighted by Gasteiger charge is -2.03. The fourth-order valence-electron chi connectivity index (χ4n) is 1.84. The van der Waals surface area contributed by atoms with Gasteiger partial charge in [-0.25, -0.2) is 0 Å². The van der Waals surface area contributed by atoms with E-state index in [1.807, 2.05) is 16.0 Å². The summed E-state index contributed by atoms with van der Waals surface area (Å²) in [6.45, 7) is 2.92. The third-order valence-electron chi connectivity index (χ3n) is 2.66. The van der Waals surface area contributed by atoms with Crippen LogP contribution in [0.15, 0.2) is 16.1 Å². The molecule has 0 aliphatic rings. The van der Waals surface area contributed by atoms with Gasteiger partial charge in [-0.3, -0.25) is 4.40 Å². The van der Waals surface area contributed by atoms with Crippen LogP contribution in [0.1, 0.15) is 17.4 Å². The number of methoxy groups -OCH3 is 1. The molecule has 0 fully saturated rings. The first-order valence-corrected chi connectivity index (χ1v) is 6.64. The molecule has 3 aromatic heterocycles. The van der Waals surface area contributed by atoms with Crippen LogP contribution in [0.4, 0.5) is 0 Å². The van der Waals surface area contributed by atoms with Crippen molar-refractivity contribution in [2.24, 2.45) is 0 Å². The van der Waals surface area contributed by atoms with Crippen molar-refractivity contribution in [1.82, 2.24) is 24.8 Å². The van der Waals surface area contributed by atoms with Crippen molar-refractivity contribution in [1.29, 1.82) is 0 Å². The number of aromatic nitrogens is 4. The van der Waals surface area contributed by atoms with Crippen LogP contribution in [-0.4, -0.2) is 26.6 Å². The summed E-state index contributed by atoms with van der Waals surface area (Å²) in [5.74, 6) is 1.85. The third kappa shape index (κ3) is 2.32. The van der Waals surface area contributed by atoms with Crippen molar-refractivity contribution in [3.05, 3.63) is 29.0 Å². The molecule has 3 rings (SSSR count). The maximum atomic E-state index is 5.28. The van der Waals surface area contributed by atoms with Gasteiger partial charge in [0.05, 0.1) is 13.7 Å². The Morgan fingerprint density at radius 1 is 1.42 bits per heavy atom. The van der Waals surface area contributed by atoms with Crippen molar-refractivity contribution in [2.75, 3.05) is 7.11 Å². The minimum absolute atomic E-state index is 0.515. The number of hydrogen-bond donors (Lipinski definition) is 1. The molecule has 0 saturated carbocycles. The maximum Gasteiger partial charge on any atom is 0.240 e. The highest BCUT2D eigenvalue weighted by Crippen LogP contribution is 2.22.